The minimum atomic E-state index is -3.62. The van der Waals surface area contributed by atoms with Gasteiger partial charge in [0.15, 0.2) is 0 Å². The predicted molar refractivity (Wildman–Crippen MR) is 110 cm³/mol. The van der Waals surface area contributed by atoms with Crippen molar-refractivity contribution in [2.24, 2.45) is 0 Å². The zero-order valence-corrected chi connectivity index (χ0v) is 16.0. The number of anilines is 1. The van der Waals surface area contributed by atoms with E-state index in [4.69, 9.17) is 0 Å². The molecule has 0 saturated carbocycles. The van der Waals surface area contributed by atoms with Crippen LogP contribution >= 0.6 is 0 Å². The highest BCUT2D eigenvalue weighted by atomic mass is 32.2. The van der Waals surface area contributed by atoms with Crippen LogP contribution in [0.3, 0.4) is 0 Å². The van der Waals surface area contributed by atoms with Crippen LogP contribution in [0.2, 0.25) is 0 Å². The van der Waals surface area contributed by atoms with Crippen LogP contribution in [0, 0.1) is 6.92 Å². The second-order valence-corrected chi connectivity index (χ2v) is 8.54. The Balaban J connectivity index is 1.83. The van der Waals surface area contributed by atoms with Gasteiger partial charge in [-0.15, -0.1) is 0 Å². The van der Waals surface area contributed by atoms with Gasteiger partial charge < -0.3 is 0 Å². The van der Waals surface area contributed by atoms with E-state index in [1.54, 1.807) is 16.4 Å². The van der Waals surface area contributed by atoms with E-state index < -0.39 is 10.0 Å². The lowest BCUT2D eigenvalue weighted by Gasteiger charge is -2.25. The molecule has 0 spiro atoms. The fraction of sp³-hybridized carbons (Fsp3) is 0.130. The summed E-state index contributed by atoms with van der Waals surface area (Å²) >= 11 is 0. The second kappa shape index (κ2) is 7.05. The minimum Gasteiger partial charge on any atom is -0.265 e. The summed E-state index contributed by atoms with van der Waals surface area (Å²) in [5, 5.41) is 0. The van der Waals surface area contributed by atoms with Crippen LogP contribution < -0.4 is 4.31 Å². The van der Waals surface area contributed by atoms with Gasteiger partial charge in [-0.2, -0.15) is 0 Å². The van der Waals surface area contributed by atoms with Gasteiger partial charge in [-0.1, -0.05) is 72.3 Å². The van der Waals surface area contributed by atoms with Gasteiger partial charge in [0.1, 0.15) is 0 Å². The molecule has 0 N–H and O–H groups in total. The van der Waals surface area contributed by atoms with Gasteiger partial charge in [-0.05, 0) is 42.7 Å². The van der Waals surface area contributed by atoms with E-state index in [0.29, 0.717) is 17.9 Å². The highest BCUT2D eigenvalue weighted by Gasteiger charge is 2.28. The Bertz CT molecular complexity index is 1080. The lowest BCUT2D eigenvalue weighted by Crippen LogP contribution is -2.32. The third-order valence-corrected chi connectivity index (χ3v) is 6.66. The summed E-state index contributed by atoms with van der Waals surface area (Å²) in [6, 6.07) is 24.9. The fourth-order valence-electron chi connectivity index (χ4n) is 3.45. The number of aryl methyl sites for hydroxylation is 1. The fourth-order valence-corrected chi connectivity index (χ4v) is 4.95. The Morgan fingerprint density at radius 2 is 1.48 bits per heavy atom. The maximum atomic E-state index is 13.4. The number of sulfonamides is 1. The van der Waals surface area contributed by atoms with E-state index >= 15 is 0 Å². The van der Waals surface area contributed by atoms with Crippen LogP contribution in [0.5, 0.6) is 0 Å². The highest BCUT2D eigenvalue weighted by Crippen LogP contribution is 2.37. The second-order valence-electron chi connectivity index (χ2n) is 6.68. The van der Waals surface area contributed by atoms with Gasteiger partial charge in [-0.25, -0.2) is 8.42 Å². The number of hydrogen-bond donors (Lipinski definition) is 0. The molecule has 0 atom stereocenters. The van der Waals surface area contributed by atoms with Crippen molar-refractivity contribution >= 4 is 21.3 Å². The van der Waals surface area contributed by atoms with Crippen molar-refractivity contribution in [2.75, 3.05) is 10.8 Å². The molecule has 0 amide bonds. The Kier molecular flexibility index (Phi) is 4.58. The highest BCUT2D eigenvalue weighted by molar-refractivity contribution is 7.92. The SMILES string of the molecule is Cc1ccc(S(=O)(=O)N2CCC=C(c3ccccc3)c3ccccc32)cc1. The quantitative estimate of drug-likeness (QED) is 0.644. The van der Waals surface area contributed by atoms with Crippen LogP contribution in [0.15, 0.2) is 89.8 Å². The molecule has 4 rings (SSSR count). The molecule has 0 aromatic heterocycles. The minimum absolute atomic E-state index is 0.325. The molecule has 3 nitrogen and oxygen atoms in total. The van der Waals surface area contributed by atoms with Crippen LogP contribution in [-0.2, 0) is 10.0 Å². The molecule has 0 aliphatic carbocycles. The molecule has 1 aliphatic heterocycles. The zero-order chi connectivity index (χ0) is 18.9. The topological polar surface area (TPSA) is 37.4 Å². The summed E-state index contributed by atoms with van der Waals surface area (Å²) in [7, 11) is -3.62. The maximum absolute atomic E-state index is 13.4. The predicted octanol–water partition coefficient (Wildman–Crippen LogP) is 5.03. The van der Waals surface area contributed by atoms with Crippen molar-refractivity contribution < 1.29 is 8.42 Å². The molecule has 4 heteroatoms. The maximum Gasteiger partial charge on any atom is 0.264 e. The van der Waals surface area contributed by atoms with Crippen LogP contribution in [0.1, 0.15) is 23.1 Å². The molecule has 0 radical (unpaired) electrons. The Morgan fingerprint density at radius 1 is 0.815 bits per heavy atom. The molecule has 3 aromatic rings. The van der Waals surface area contributed by atoms with Crippen molar-refractivity contribution in [3.05, 3.63) is 102 Å². The normalized spacial score (nSPS) is 14.3. The van der Waals surface area contributed by atoms with Crippen molar-refractivity contribution in [1.29, 1.82) is 0 Å². The average molecular weight is 375 g/mol. The first-order valence-corrected chi connectivity index (χ1v) is 10.5. The Hall–Kier alpha value is -2.85. The Morgan fingerprint density at radius 3 is 2.22 bits per heavy atom. The number of benzene rings is 3. The number of para-hydroxylation sites is 1. The summed E-state index contributed by atoms with van der Waals surface area (Å²) in [6.07, 6.45) is 2.79. The van der Waals surface area contributed by atoms with Crippen molar-refractivity contribution in [2.45, 2.75) is 18.2 Å². The van der Waals surface area contributed by atoms with E-state index in [0.717, 1.165) is 28.0 Å². The lowest BCUT2D eigenvalue weighted by molar-refractivity contribution is 0.591. The average Bonchev–Trinajstić information content (AvgIpc) is 2.89. The molecule has 27 heavy (non-hydrogen) atoms. The molecule has 136 valence electrons. The molecule has 1 aliphatic rings. The van der Waals surface area contributed by atoms with Gasteiger partial charge in [0.25, 0.3) is 10.0 Å². The standard InChI is InChI=1S/C23H21NO2S/c1-18-13-15-20(16-14-18)27(25,26)24-17-7-11-21(19-8-3-2-4-9-19)22-10-5-6-12-23(22)24/h2-6,8-16H,7,17H2,1H3. The summed E-state index contributed by atoms with van der Waals surface area (Å²) in [4.78, 5) is 0.325. The van der Waals surface area contributed by atoms with Gasteiger partial charge in [-0.3, -0.25) is 4.31 Å². The molecule has 3 aromatic carbocycles. The molecule has 0 bridgehead atoms. The third kappa shape index (κ3) is 3.28. The van der Waals surface area contributed by atoms with E-state index in [9.17, 15) is 8.42 Å². The van der Waals surface area contributed by atoms with Gasteiger partial charge in [0.05, 0.1) is 10.6 Å². The first-order chi connectivity index (χ1) is 13.1. The Labute approximate surface area is 160 Å². The zero-order valence-electron chi connectivity index (χ0n) is 15.2. The van der Waals surface area contributed by atoms with Gasteiger partial charge in [0, 0.05) is 12.1 Å². The van der Waals surface area contributed by atoms with Crippen LogP contribution in [0.25, 0.3) is 5.57 Å². The number of fused-ring (bicyclic) bond motifs is 1. The molecular weight excluding hydrogens is 354 g/mol. The summed E-state index contributed by atoms with van der Waals surface area (Å²) in [5.41, 5.74) is 4.88. The molecule has 0 fully saturated rings. The summed E-state index contributed by atoms with van der Waals surface area (Å²) in [5.74, 6) is 0. The van der Waals surface area contributed by atoms with E-state index in [-0.39, 0.29) is 0 Å². The van der Waals surface area contributed by atoms with Crippen molar-refractivity contribution in [3.8, 4) is 0 Å². The van der Waals surface area contributed by atoms with E-state index in [2.05, 4.69) is 18.2 Å². The number of nitrogens with zero attached hydrogens (tertiary/aromatic N) is 1. The lowest BCUT2D eigenvalue weighted by atomic mass is 9.96. The molecular formula is C23H21NO2S. The third-order valence-electron chi connectivity index (χ3n) is 4.84. The first kappa shape index (κ1) is 17.6. The smallest absolute Gasteiger partial charge is 0.264 e. The molecule has 1 heterocycles. The molecule has 0 unspecified atom stereocenters. The van der Waals surface area contributed by atoms with Gasteiger partial charge >= 0.3 is 0 Å². The number of hydrogen-bond acceptors (Lipinski definition) is 2. The van der Waals surface area contributed by atoms with Crippen molar-refractivity contribution in [1.82, 2.24) is 0 Å². The van der Waals surface area contributed by atoms with Crippen molar-refractivity contribution in [3.63, 3.8) is 0 Å². The first-order valence-electron chi connectivity index (χ1n) is 9.02. The van der Waals surface area contributed by atoms with E-state index in [1.807, 2.05) is 61.5 Å². The van der Waals surface area contributed by atoms with Crippen LogP contribution in [0.4, 0.5) is 5.69 Å². The summed E-state index contributed by atoms with van der Waals surface area (Å²) in [6.45, 7) is 2.37. The molecule has 0 saturated heterocycles. The number of rotatable bonds is 3. The van der Waals surface area contributed by atoms with E-state index in [1.165, 1.54) is 0 Å². The van der Waals surface area contributed by atoms with Gasteiger partial charge in [0.2, 0.25) is 0 Å². The monoisotopic (exact) mass is 375 g/mol. The largest absolute Gasteiger partial charge is 0.265 e. The summed E-state index contributed by atoms with van der Waals surface area (Å²) < 4.78 is 28.3. The van der Waals surface area contributed by atoms with Crippen LogP contribution in [-0.4, -0.2) is 15.0 Å².